The summed E-state index contributed by atoms with van der Waals surface area (Å²) in [7, 11) is 0. The van der Waals surface area contributed by atoms with Crippen molar-refractivity contribution < 1.29 is 4.79 Å². The molecule has 116 valence electrons. The molecular formula is C17H15N3O2S. The zero-order valence-electron chi connectivity index (χ0n) is 12.5. The first-order valence-electron chi connectivity index (χ1n) is 7.11. The molecule has 2 N–H and O–H groups in total. The first kappa shape index (κ1) is 15.2. The summed E-state index contributed by atoms with van der Waals surface area (Å²) in [5.41, 5.74) is 2.32. The van der Waals surface area contributed by atoms with E-state index in [0.717, 1.165) is 16.0 Å². The molecule has 0 saturated heterocycles. The third-order valence-electron chi connectivity index (χ3n) is 3.46. The monoisotopic (exact) mass is 325 g/mol. The van der Waals surface area contributed by atoms with Crippen LogP contribution in [0, 0.1) is 6.92 Å². The molecule has 0 aliphatic rings. The lowest BCUT2D eigenvalue weighted by Crippen LogP contribution is -2.27. The summed E-state index contributed by atoms with van der Waals surface area (Å²) < 4.78 is 0. The largest absolute Gasteiger partial charge is 0.347 e. The van der Waals surface area contributed by atoms with E-state index in [1.165, 1.54) is 11.3 Å². The summed E-state index contributed by atoms with van der Waals surface area (Å²) in [4.78, 5) is 31.3. The van der Waals surface area contributed by atoms with Crippen LogP contribution in [0.25, 0.3) is 10.6 Å². The van der Waals surface area contributed by atoms with E-state index in [0.29, 0.717) is 12.2 Å². The lowest BCUT2D eigenvalue weighted by Gasteiger charge is -2.08. The Bertz CT molecular complexity index is 885. The van der Waals surface area contributed by atoms with Gasteiger partial charge >= 0.3 is 5.69 Å². The summed E-state index contributed by atoms with van der Waals surface area (Å²) in [6.07, 6.45) is 0. The first-order chi connectivity index (χ1) is 11.1. The summed E-state index contributed by atoms with van der Waals surface area (Å²) in [5, 5.41) is 4.71. The predicted molar refractivity (Wildman–Crippen MR) is 90.5 cm³/mol. The number of nitrogens with one attached hydrogen (secondary N) is 2. The van der Waals surface area contributed by atoms with Crippen LogP contribution < -0.4 is 11.0 Å². The van der Waals surface area contributed by atoms with Gasteiger partial charge in [-0.2, -0.15) is 4.98 Å². The number of hydrogen-bond acceptors (Lipinski definition) is 4. The highest BCUT2D eigenvalue weighted by atomic mass is 32.1. The van der Waals surface area contributed by atoms with Gasteiger partial charge in [-0.25, -0.2) is 4.79 Å². The van der Waals surface area contributed by atoms with Crippen molar-refractivity contribution in [3.05, 3.63) is 75.1 Å². The quantitative estimate of drug-likeness (QED) is 0.774. The highest BCUT2D eigenvalue weighted by Crippen LogP contribution is 2.21. The van der Waals surface area contributed by atoms with Gasteiger partial charge in [0.2, 0.25) is 0 Å². The molecule has 0 aliphatic carbocycles. The van der Waals surface area contributed by atoms with Gasteiger partial charge in [0.05, 0.1) is 10.6 Å². The van der Waals surface area contributed by atoms with Crippen molar-refractivity contribution in [2.24, 2.45) is 0 Å². The van der Waals surface area contributed by atoms with Crippen molar-refractivity contribution in [3.63, 3.8) is 0 Å². The zero-order chi connectivity index (χ0) is 16.2. The van der Waals surface area contributed by atoms with Gasteiger partial charge in [0.25, 0.3) is 5.91 Å². The van der Waals surface area contributed by atoms with Crippen LogP contribution in [0.1, 0.15) is 21.6 Å². The van der Waals surface area contributed by atoms with Crippen LogP contribution in [0.3, 0.4) is 0 Å². The Hall–Kier alpha value is -2.73. The van der Waals surface area contributed by atoms with Gasteiger partial charge < -0.3 is 10.3 Å². The summed E-state index contributed by atoms with van der Waals surface area (Å²) in [5.74, 6) is -0.364. The third kappa shape index (κ3) is 3.54. The van der Waals surface area contributed by atoms with E-state index in [4.69, 9.17) is 0 Å². The lowest BCUT2D eigenvalue weighted by atomic mass is 10.1. The Labute approximate surface area is 137 Å². The van der Waals surface area contributed by atoms with E-state index in [-0.39, 0.29) is 11.6 Å². The fourth-order valence-corrected chi connectivity index (χ4v) is 2.91. The molecule has 0 radical (unpaired) electrons. The number of aromatic nitrogens is 2. The standard InChI is InChI=1S/C17H15N3O2S/c1-11-5-2-3-6-12(11)10-18-16(21)14-9-13(19-17(22)20-14)15-7-4-8-23-15/h2-9H,10H2,1H3,(H,18,21)(H,19,20,22). The SMILES string of the molecule is Cc1ccccc1CNC(=O)c1cc(-c2cccs2)[nH]c(=O)n1. The van der Waals surface area contributed by atoms with Crippen molar-refractivity contribution in [1.29, 1.82) is 0 Å². The van der Waals surface area contributed by atoms with Crippen molar-refractivity contribution >= 4 is 17.2 Å². The predicted octanol–water partition coefficient (Wildman–Crippen LogP) is 2.74. The molecule has 23 heavy (non-hydrogen) atoms. The third-order valence-corrected chi connectivity index (χ3v) is 4.37. The molecule has 2 heterocycles. The number of amides is 1. The molecule has 2 aromatic heterocycles. The van der Waals surface area contributed by atoms with Crippen LogP contribution in [-0.4, -0.2) is 15.9 Å². The maximum atomic E-state index is 12.3. The number of thiophene rings is 1. The Morgan fingerprint density at radius 1 is 1.26 bits per heavy atom. The van der Waals surface area contributed by atoms with Gasteiger partial charge in [0, 0.05) is 6.54 Å². The average molecular weight is 325 g/mol. The number of aryl methyl sites for hydroxylation is 1. The summed E-state index contributed by atoms with van der Waals surface area (Å²) >= 11 is 1.49. The van der Waals surface area contributed by atoms with E-state index in [1.807, 2.05) is 48.7 Å². The smallest absolute Gasteiger partial charge is 0.346 e. The average Bonchev–Trinajstić information content (AvgIpc) is 3.08. The van der Waals surface area contributed by atoms with Crippen molar-refractivity contribution in [2.75, 3.05) is 0 Å². The molecule has 0 saturated carbocycles. The maximum absolute atomic E-state index is 12.3. The van der Waals surface area contributed by atoms with Gasteiger partial charge in [0.1, 0.15) is 5.69 Å². The Morgan fingerprint density at radius 2 is 2.09 bits per heavy atom. The molecule has 0 spiro atoms. The minimum absolute atomic E-state index is 0.116. The van der Waals surface area contributed by atoms with Crippen LogP contribution in [-0.2, 0) is 6.54 Å². The molecule has 0 atom stereocenters. The highest BCUT2D eigenvalue weighted by Gasteiger charge is 2.11. The number of rotatable bonds is 4. The van der Waals surface area contributed by atoms with Crippen LogP contribution in [0.5, 0.6) is 0 Å². The number of hydrogen-bond donors (Lipinski definition) is 2. The second kappa shape index (κ2) is 6.58. The van der Waals surface area contributed by atoms with Crippen LogP contribution in [0.2, 0.25) is 0 Å². The van der Waals surface area contributed by atoms with Gasteiger partial charge in [-0.3, -0.25) is 4.79 Å². The molecule has 0 aliphatic heterocycles. The molecule has 0 fully saturated rings. The van der Waals surface area contributed by atoms with Gasteiger partial charge in [-0.05, 0) is 35.6 Å². The summed E-state index contributed by atoms with van der Waals surface area (Å²) in [6, 6.07) is 13.2. The van der Waals surface area contributed by atoms with E-state index in [1.54, 1.807) is 6.07 Å². The number of benzene rings is 1. The second-order valence-corrected chi connectivity index (χ2v) is 6.02. The van der Waals surface area contributed by atoms with E-state index < -0.39 is 5.69 Å². The first-order valence-corrected chi connectivity index (χ1v) is 7.99. The number of carbonyl (C=O) groups excluding carboxylic acids is 1. The van der Waals surface area contributed by atoms with E-state index in [9.17, 15) is 9.59 Å². The molecule has 5 nitrogen and oxygen atoms in total. The topological polar surface area (TPSA) is 74.8 Å². The molecule has 3 rings (SSSR count). The normalized spacial score (nSPS) is 10.5. The minimum atomic E-state index is -0.531. The molecule has 0 unspecified atom stereocenters. The van der Waals surface area contributed by atoms with Gasteiger partial charge in [-0.1, -0.05) is 30.3 Å². The minimum Gasteiger partial charge on any atom is -0.347 e. The molecule has 0 bridgehead atoms. The highest BCUT2D eigenvalue weighted by molar-refractivity contribution is 7.13. The van der Waals surface area contributed by atoms with E-state index in [2.05, 4.69) is 15.3 Å². The molecular weight excluding hydrogens is 310 g/mol. The molecule has 3 aromatic rings. The number of H-pyrrole nitrogens is 1. The second-order valence-electron chi connectivity index (χ2n) is 5.07. The fraction of sp³-hybridized carbons (Fsp3) is 0.118. The Morgan fingerprint density at radius 3 is 2.83 bits per heavy atom. The number of carbonyl (C=O) groups is 1. The van der Waals surface area contributed by atoms with Crippen LogP contribution in [0.4, 0.5) is 0 Å². The van der Waals surface area contributed by atoms with Crippen molar-refractivity contribution in [1.82, 2.24) is 15.3 Å². The van der Waals surface area contributed by atoms with Gasteiger partial charge in [-0.15, -0.1) is 11.3 Å². The molecule has 6 heteroatoms. The zero-order valence-corrected chi connectivity index (χ0v) is 13.3. The fourth-order valence-electron chi connectivity index (χ4n) is 2.21. The van der Waals surface area contributed by atoms with Gasteiger partial charge in [0.15, 0.2) is 0 Å². The lowest BCUT2D eigenvalue weighted by molar-refractivity contribution is 0.0945. The number of aromatic amines is 1. The van der Waals surface area contributed by atoms with Crippen LogP contribution >= 0.6 is 11.3 Å². The van der Waals surface area contributed by atoms with Crippen molar-refractivity contribution in [2.45, 2.75) is 13.5 Å². The van der Waals surface area contributed by atoms with E-state index >= 15 is 0 Å². The molecule has 1 aromatic carbocycles. The molecule has 1 amide bonds. The van der Waals surface area contributed by atoms with Crippen molar-refractivity contribution in [3.8, 4) is 10.6 Å². The van der Waals surface area contributed by atoms with Crippen LogP contribution in [0.15, 0.2) is 52.6 Å². The summed E-state index contributed by atoms with van der Waals surface area (Å²) in [6.45, 7) is 2.39. The number of nitrogens with zero attached hydrogens (tertiary/aromatic N) is 1. The Balaban J connectivity index is 1.80. The maximum Gasteiger partial charge on any atom is 0.346 e. The Kier molecular flexibility index (Phi) is 4.34.